The molecule has 1 aromatic carbocycles. The number of rotatable bonds is 1. The fourth-order valence-electron chi connectivity index (χ4n) is 2.42. The third-order valence-electron chi connectivity index (χ3n) is 3.45. The summed E-state index contributed by atoms with van der Waals surface area (Å²) in [5.74, 6) is 12.3. The lowest BCUT2D eigenvalue weighted by Crippen LogP contribution is -2.37. The number of carbonyl (C=O) groups is 1. The number of ether oxygens (including phenoxy) is 1. The molecule has 1 aliphatic heterocycles. The Bertz CT molecular complexity index is 710. The smallest absolute Gasteiger partial charge is 0.175 e. The molecular formula is C17H13NO2. The Hall–Kier alpha value is -2.65. The number of fused-ring (bicyclic) bond motifs is 4. The topological polar surface area (TPSA) is 38.3 Å². The molecule has 3 heteroatoms. The number of methoxy groups -OCH3 is 1. The van der Waals surface area contributed by atoms with Crippen LogP contribution in [0, 0.1) is 23.7 Å². The number of allylic oxidation sites excluding steroid dienone is 2. The molecule has 0 amide bonds. The van der Waals surface area contributed by atoms with E-state index in [1.54, 1.807) is 19.3 Å². The van der Waals surface area contributed by atoms with E-state index in [4.69, 9.17) is 4.74 Å². The molecule has 1 N–H and O–H groups in total. The van der Waals surface area contributed by atoms with Crippen LogP contribution in [0.4, 0.5) is 5.69 Å². The van der Waals surface area contributed by atoms with E-state index >= 15 is 0 Å². The van der Waals surface area contributed by atoms with Crippen molar-refractivity contribution in [3.8, 4) is 29.4 Å². The SMILES string of the molecule is COc1ccc2c(c1)[C@H]1CC#C/C=C/C#C[C@@H](N2)C1=O. The van der Waals surface area contributed by atoms with Gasteiger partial charge in [-0.2, -0.15) is 0 Å². The van der Waals surface area contributed by atoms with Gasteiger partial charge >= 0.3 is 0 Å². The normalized spacial score (nSPS) is 23.9. The molecule has 3 nitrogen and oxygen atoms in total. The summed E-state index contributed by atoms with van der Waals surface area (Å²) in [6, 6.07) is 5.24. The molecule has 2 bridgehead atoms. The van der Waals surface area contributed by atoms with Crippen molar-refractivity contribution in [3.63, 3.8) is 0 Å². The summed E-state index contributed by atoms with van der Waals surface area (Å²) >= 11 is 0. The maximum atomic E-state index is 12.5. The maximum absolute atomic E-state index is 12.5. The van der Waals surface area contributed by atoms with Crippen molar-refractivity contribution in [3.05, 3.63) is 35.9 Å². The fraction of sp³-hybridized carbons (Fsp3) is 0.235. The first-order valence-electron chi connectivity index (χ1n) is 6.42. The van der Waals surface area contributed by atoms with E-state index in [9.17, 15) is 4.79 Å². The van der Waals surface area contributed by atoms with Gasteiger partial charge in [-0.1, -0.05) is 23.7 Å². The molecule has 2 aliphatic rings. The molecule has 0 aromatic heterocycles. The van der Waals surface area contributed by atoms with Gasteiger partial charge in [0.15, 0.2) is 5.78 Å². The summed E-state index contributed by atoms with van der Waals surface area (Å²) in [7, 11) is 1.62. The second kappa shape index (κ2) is 5.15. The Kier molecular flexibility index (Phi) is 3.19. The lowest BCUT2D eigenvalue weighted by atomic mass is 9.83. The van der Waals surface area contributed by atoms with E-state index in [0.717, 1.165) is 17.0 Å². The number of anilines is 1. The van der Waals surface area contributed by atoms with Crippen molar-refractivity contribution in [2.45, 2.75) is 18.4 Å². The van der Waals surface area contributed by atoms with E-state index in [2.05, 4.69) is 29.0 Å². The van der Waals surface area contributed by atoms with E-state index in [1.165, 1.54) is 0 Å². The maximum Gasteiger partial charge on any atom is 0.175 e. The van der Waals surface area contributed by atoms with Gasteiger partial charge in [0, 0.05) is 12.1 Å². The Morgan fingerprint density at radius 3 is 3.00 bits per heavy atom. The first-order valence-corrected chi connectivity index (χ1v) is 6.42. The number of Topliss-reactive ketones (excluding diaryl/α,β-unsaturated/α-hetero) is 1. The van der Waals surface area contributed by atoms with E-state index < -0.39 is 6.04 Å². The highest BCUT2D eigenvalue weighted by Gasteiger charge is 2.33. The molecule has 3 rings (SSSR count). The monoisotopic (exact) mass is 263 g/mol. The summed E-state index contributed by atoms with van der Waals surface area (Å²) in [4.78, 5) is 12.5. The molecule has 0 spiro atoms. The van der Waals surface area contributed by atoms with Gasteiger partial charge in [-0.25, -0.2) is 0 Å². The fourth-order valence-corrected chi connectivity index (χ4v) is 2.42. The molecule has 0 radical (unpaired) electrons. The van der Waals surface area contributed by atoms with Crippen LogP contribution in [0.1, 0.15) is 17.9 Å². The number of nitrogens with one attached hydrogen (secondary N) is 1. The van der Waals surface area contributed by atoms with Gasteiger partial charge in [-0.3, -0.25) is 4.79 Å². The molecule has 0 saturated carbocycles. The quantitative estimate of drug-likeness (QED) is 0.789. The Morgan fingerprint density at radius 1 is 1.30 bits per heavy atom. The van der Waals surface area contributed by atoms with E-state index in [0.29, 0.717) is 6.42 Å². The van der Waals surface area contributed by atoms with Crippen molar-refractivity contribution in [1.29, 1.82) is 0 Å². The van der Waals surface area contributed by atoms with Gasteiger partial charge in [-0.15, -0.1) is 0 Å². The predicted octanol–water partition coefficient (Wildman–Crippen LogP) is 2.11. The van der Waals surface area contributed by atoms with E-state index in [-0.39, 0.29) is 11.7 Å². The summed E-state index contributed by atoms with van der Waals surface area (Å²) in [6.07, 6.45) is 3.89. The largest absolute Gasteiger partial charge is 0.497 e. The van der Waals surface area contributed by atoms with Crippen molar-refractivity contribution in [2.24, 2.45) is 0 Å². The zero-order valence-corrected chi connectivity index (χ0v) is 11.1. The van der Waals surface area contributed by atoms with Crippen LogP contribution < -0.4 is 10.1 Å². The molecule has 1 aromatic rings. The molecule has 1 heterocycles. The molecule has 0 fully saturated rings. The van der Waals surface area contributed by atoms with Gasteiger partial charge in [0.2, 0.25) is 0 Å². The summed E-state index contributed by atoms with van der Waals surface area (Å²) in [5, 5.41) is 3.18. The van der Waals surface area contributed by atoms with Crippen LogP contribution in [-0.4, -0.2) is 18.9 Å². The number of hydrogen-bond acceptors (Lipinski definition) is 3. The van der Waals surface area contributed by atoms with Crippen LogP contribution >= 0.6 is 0 Å². The lowest BCUT2D eigenvalue weighted by Gasteiger charge is -2.29. The molecule has 2 atom stereocenters. The summed E-state index contributed by atoms with van der Waals surface area (Å²) < 4.78 is 5.24. The Morgan fingerprint density at radius 2 is 2.15 bits per heavy atom. The molecular weight excluding hydrogens is 250 g/mol. The van der Waals surface area contributed by atoms with Crippen LogP contribution in [-0.2, 0) is 4.79 Å². The van der Waals surface area contributed by atoms with Crippen molar-refractivity contribution in [2.75, 3.05) is 12.4 Å². The highest BCUT2D eigenvalue weighted by molar-refractivity contribution is 5.99. The zero-order valence-electron chi connectivity index (χ0n) is 11.1. The van der Waals surface area contributed by atoms with Gasteiger partial charge in [0.05, 0.1) is 13.0 Å². The third-order valence-corrected chi connectivity index (χ3v) is 3.45. The van der Waals surface area contributed by atoms with Crippen molar-refractivity contribution >= 4 is 11.5 Å². The minimum absolute atomic E-state index is 0.0721. The lowest BCUT2D eigenvalue weighted by molar-refractivity contribution is -0.120. The molecule has 20 heavy (non-hydrogen) atoms. The van der Waals surface area contributed by atoms with Crippen LogP contribution in [0.5, 0.6) is 5.75 Å². The molecule has 0 unspecified atom stereocenters. The Balaban J connectivity index is 2.11. The predicted molar refractivity (Wildman–Crippen MR) is 77.5 cm³/mol. The van der Waals surface area contributed by atoms with Crippen molar-refractivity contribution < 1.29 is 9.53 Å². The van der Waals surface area contributed by atoms with Crippen LogP contribution in [0.25, 0.3) is 0 Å². The summed E-state index contributed by atoms with van der Waals surface area (Å²) in [5.41, 5.74) is 1.87. The molecule has 98 valence electrons. The van der Waals surface area contributed by atoms with Crippen LogP contribution in [0.2, 0.25) is 0 Å². The van der Waals surface area contributed by atoms with Gasteiger partial charge in [-0.05, 0) is 35.9 Å². The zero-order chi connectivity index (χ0) is 13.9. The second-order valence-electron chi connectivity index (χ2n) is 4.63. The van der Waals surface area contributed by atoms with Gasteiger partial charge in [0.1, 0.15) is 11.8 Å². The molecule has 1 aliphatic carbocycles. The average molecular weight is 263 g/mol. The highest BCUT2D eigenvalue weighted by Crippen LogP contribution is 2.36. The van der Waals surface area contributed by atoms with E-state index in [1.807, 2.05) is 18.2 Å². The van der Waals surface area contributed by atoms with Gasteiger partial charge in [0.25, 0.3) is 0 Å². The first-order chi connectivity index (χ1) is 9.79. The summed E-state index contributed by atoms with van der Waals surface area (Å²) in [6.45, 7) is 0. The minimum Gasteiger partial charge on any atom is -0.497 e. The average Bonchev–Trinajstić information content (AvgIpc) is 2.47. The van der Waals surface area contributed by atoms with Crippen LogP contribution in [0.3, 0.4) is 0 Å². The highest BCUT2D eigenvalue weighted by atomic mass is 16.5. The minimum atomic E-state index is -0.467. The standard InChI is InChI=1S/C17H13NO2/c1-20-12-9-10-15-14(11-12)13-7-5-3-2-4-6-8-16(18-15)17(13)19/h2,4,9-11,13,16,18H,7H2,1H3/b4-2+/t13-,16-/m1/s1. The number of carbonyl (C=O) groups excluding carboxylic acids is 1. The van der Waals surface area contributed by atoms with Crippen molar-refractivity contribution in [1.82, 2.24) is 0 Å². The first kappa shape index (κ1) is 12.4. The van der Waals surface area contributed by atoms with Crippen LogP contribution in [0.15, 0.2) is 30.4 Å². The number of hydrogen-bond donors (Lipinski definition) is 1. The molecule has 0 saturated heterocycles. The second-order valence-corrected chi connectivity index (χ2v) is 4.63. The Labute approximate surface area is 118 Å². The number of benzene rings is 1. The number of ketones is 1. The van der Waals surface area contributed by atoms with Gasteiger partial charge < -0.3 is 10.1 Å². The third kappa shape index (κ3) is 2.15.